The van der Waals surface area contributed by atoms with Crippen LogP contribution in [0.15, 0.2) is 23.1 Å². The van der Waals surface area contributed by atoms with Crippen LogP contribution >= 0.6 is 11.8 Å². The zero-order valence-corrected chi connectivity index (χ0v) is 9.38. The van der Waals surface area contributed by atoms with Crippen molar-refractivity contribution >= 4 is 17.7 Å². The molecule has 0 aliphatic heterocycles. The van der Waals surface area contributed by atoms with Gasteiger partial charge in [0.2, 0.25) is 0 Å². The Morgan fingerprint density at radius 2 is 2.20 bits per heavy atom. The molecule has 0 amide bonds. The highest BCUT2D eigenvalue weighted by Gasteiger charge is 2.03. The Bertz CT molecular complexity index is 350. The molecule has 0 aliphatic rings. The maximum absolute atomic E-state index is 10.3. The summed E-state index contributed by atoms with van der Waals surface area (Å²) in [5.41, 5.74) is 0.814. The van der Waals surface area contributed by atoms with Gasteiger partial charge in [-0.2, -0.15) is 0 Å². The summed E-state index contributed by atoms with van der Waals surface area (Å²) >= 11 is 1.57. The van der Waals surface area contributed by atoms with Gasteiger partial charge < -0.3 is 10.2 Å². The van der Waals surface area contributed by atoms with Crippen LogP contribution in [0.1, 0.15) is 18.4 Å². The maximum Gasteiger partial charge on any atom is 0.303 e. The molecule has 0 heterocycles. The van der Waals surface area contributed by atoms with Gasteiger partial charge >= 0.3 is 5.97 Å². The minimum absolute atomic E-state index is 0.143. The van der Waals surface area contributed by atoms with E-state index < -0.39 is 5.97 Å². The van der Waals surface area contributed by atoms with Crippen LogP contribution in [0.4, 0.5) is 0 Å². The van der Waals surface area contributed by atoms with E-state index in [1.165, 1.54) is 0 Å². The summed E-state index contributed by atoms with van der Waals surface area (Å²) in [6.07, 6.45) is 3.25. The predicted octanol–water partition coefficient (Wildman–Crippen LogP) is 2.52. The molecular formula is C11H14O3S. The summed E-state index contributed by atoms with van der Waals surface area (Å²) in [6, 6.07) is 5.49. The second-order valence-corrected chi connectivity index (χ2v) is 4.12. The molecule has 0 saturated heterocycles. The van der Waals surface area contributed by atoms with Crippen LogP contribution < -0.4 is 0 Å². The molecule has 0 atom stereocenters. The smallest absolute Gasteiger partial charge is 0.303 e. The third kappa shape index (κ3) is 3.83. The minimum atomic E-state index is -0.796. The second kappa shape index (κ2) is 5.66. The summed E-state index contributed by atoms with van der Waals surface area (Å²) in [6.45, 7) is 0. The van der Waals surface area contributed by atoms with Crippen molar-refractivity contribution in [2.75, 3.05) is 6.26 Å². The fraction of sp³-hybridized carbons (Fsp3) is 0.364. The summed E-state index contributed by atoms with van der Waals surface area (Å²) in [5.74, 6) is -0.539. The second-order valence-electron chi connectivity index (χ2n) is 3.24. The van der Waals surface area contributed by atoms with Crippen LogP contribution in [0, 0.1) is 0 Å². The van der Waals surface area contributed by atoms with Gasteiger partial charge in [0.1, 0.15) is 5.75 Å². The molecule has 1 aromatic carbocycles. The van der Waals surface area contributed by atoms with Crippen molar-refractivity contribution in [3.05, 3.63) is 23.8 Å². The molecule has 0 fully saturated rings. The molecule has 1 rings (SSSR count). The van der Waals surface area contributed by atoms with E-state index >= 15 is 0 Å². The number of phenols is 1. The lowest BCUT2D eigenvalue weighted by Gasteiger charge is -2.05. The standard InChI is InChI=1S/C11H14O3S/c1-15-9-6-5-8(10(12)7-9)3-2-4-11(13)14/h5-7,12H,2-4H2,1H3,(H,13,14). The number of carboxylic acids is 1. The lowest BCUT2D eigenvalue weighted by Crippen LogP contribution is -1.96. The first-order valence-electron chi connectivity index (χ1n) is 4.71. The molecule has 4 heteroatoms. The molecule has 15 heavy (non-hydrogen) atoms. The molecule has 0 unspecified atom stereocenters. The minimum Gasteiger partial charge on any atom is -0.508 e. The number of aliphatic carboxylic acids is 1. The quantitative estimate of drug-likeness (QED) is 0.757. The van der Waals surface area contributed by atoms with Gasteiger partial charge in [0.05, 0.1) is 0 Å². The van der Waals surface area contributed by atoms with Crippen LogP contribution in [0.2, 0.25) is 0 Å². The molecule has 0 aromatic heterocycles. The lowest BCUT2D eigenvalue weighted by atomic mass is 10.1. The topological polar surface area (TPSA) is 57.5 Å². The fourth-order valence-electron chi connectivity index (χ4n) is 1.31. The van der Waals surface area contributed by atoms with Gasteiger partial charge in [0, 0.05) is 11.3 Å². The molecule has 0 radical (unpaired) electrons. The van der Waals surface area contributed by atoms with Crippen molar-refractivity contribution in [3.8, 4) is 5.75 Å². The zero-order valence-electron chi connectivity index (χ0n) is 8.56. The van der Waals surface area contributed by atoms with Crippen LogP contribution in [-0.2, 0) is 11.2 Å². The van der Waals surface area contributed by atoms with Crippen LogP contribution in [-0.4, -0.2) is 22.4 Å². The molecule has 0 aliphatic carbocycles. The van der Waals surface area contributed by atoms with Crippen LogP contribution in [0.25, 0.3) is 0 Å². The first kappa shape index (κ1) is 11.9. The summed E-state index contributed by atoms with van der Waals surface area (Å²) in [5, 5.41) is 18.1. The van der Waals surface area contributed by atoms with Gasteiger partial charge in [-0.3, -0.25) is 4.79 Å². The average Bonchev–Trinajstić information content (AvgIpc) is 2.20. The first-order valence-corrected chi connectivity index (χ1v) is 5.93. The third-order valence-electron chi connectivity index (χ3n) is 2.13. The number of carbonyl (C=O) groups is 1. The largest absolute Gasteiger partial charge is 0.508 e. The Morgan fingerprint density at radius 3 is 2.73 bits per heavy atom. The van der Waals surface area contributed by atoms with Crippen LogP contribution in [0.5, 0.6) is 5.75 Å². The summed E-state index contributed by atoms with van der Waals surface area (Å²) < 4.78 is 0. The molecule has 0 saturated carbocycles. The van der Waals surface area contributed by atoms with Crippen molar-refractivity contribution in [2.45, 2.75) is 24.2 Å². The number of aromatic hydroxyl groups is 1. The fourth-order valence-corrected chi connectivity index (χ4v) is 1.75. The van der Waals surface area contributed by atoms with E-state index in [9.17, 15) is 9.90 Å². The van der Waals surface area contributed by atoms with Gasteiger partial charge in [-0.05, 0) is 36.8 Å². The molecule has 1 aromatic rings. The third-order valence-corrected chi connectivity index (χ3v) is 2.85. The maximum atomic E-state index is 10.3. The highest BCUT2D eigenvalue weighted by Crippen LogP contribution is 2.25. The Hall–Kier alpha value is -1.16. The van der Waals surface area contributed by atoms with Gasteiger partial charge in [-0.15, -0.1) is 11.8 Å². The number of hydrogen-bond acceptors (Lipinski definition) is 3. The molecule has 82 valence electrons. The molecule has 0 bridgehead atoms. The highest BCUT2D eigenvalue weighted by molar-refractivity contribution is 7.98. The Balaban J connectivity index is 2.58. The Labute approximate surface area is 93.1 Å². The summed E-state index contributed by atoms with van der Waals surface area (Å²) in [7, 11) is 0. The zero-order chi connectivity index (χ0) is 11.3. The number of thioether (sulfide) groups is 1. The predicted molar refractivity (Wildman–Crippen MR) is 60.5 cm³/mol. The SMILES string of the molecule is CSc1ccc(CCCC(=O)O)c(O)c1. The van der Waals surface area contributed by atoms with E-state index in [1.807, 2.05) is 18.4 Å². The van der Waals surface area contributed by atoms with E-state index in [4.69, 9.17) is 5.11 Å². The average molecular weight is 226 g/mol. The van der Waals surface area contributed by atoms with Crippen molar-refractivity contribution in [3.63, 3.8) is 0 Å². The molecule has 0 spiro atoms. The first-order chi connectivity index (χ1) is 7.13. The number of benzene rings is 1. The molecule has 3 nitrogen and oxygen atoms in total. The number of aryl methyl sites for hydroxylation is 1. The van der Waals surface area contributed by atoms with Gasteiger partial charge in [-0.25, -0.2) is 0 Å². The normalized spacial score (nSPS) is 10.2. The highest BCUT2D eigenvalue weighted by atomic mass is 32.2. The Morgan fingerprint density at radius 1 is 1.47 bits per heavy atom. The van der Waals surface area contributed by atoms with Gasteiger partial charge in [0.25, 0.3) is 0 Å². The number of phenolic OH excluding ortho intramolecular Hbond substituents is 1. The van der Waals surface area contributed by atoms with E-state index in [0.29, 0.717) is 12.8 Å². The van der Waals surface area contributed by atoms with Gasteiger partial charge in [-0.1, -0.05) is 6.07 Å². The van der Waals surface area contributed by atoms with Crippen molar-refractivity contribution in [1.29, 1.82) is 0 Å². The number of hydrogen-bond donors (Lipinski definition) is 2. The van der Waals surface area contributed by atoms with E-state index in [2.05, 4.69) is 0 Å². The monoisotopic (exact) mass is 226 g/mol. The van der Waals surface area contributed by atoms with Crippen LogP contribution in [0.3, 0.4) is 0 Å². The van der Waals surface area contributed by atoms with Crippen molar-refractivity contribution < 1.29 is 15.0 Å². The van der Waals surface area contributed by atoms with Crippen molar-refractivity contribution in [1.82, 2.24) is 0 Å². The summed E-state index contributed by atoms with van der Waals surface area (Å²) in [4.78, 5) is 11.3. The van der Waals surface area contributed by atoms with E-state index in [1.54, 1.807) is 17.8 Å². The number of rotatable bonds is 5. The van der Waals surface area contributed by atoms with E-state index in [-0.39, 0.29) is 12.2 Å². The van der Waals surface area contributed by atoms with E-state index in [0.717, 1.165) is 10.5 Å². The lowest BCUT2D eigenvalue weighted by molar-refractivity contribution is -0.137. The van der Waals surface area contributed by atoms with Gasteiger partial charge in [0.15, 0.2) is 0 Å². The number of carboxylic acid groups (broad SMARTS) is 1. The van der Waals surface area contributed by atoms with Crippen molar-refractivity contribution in [2.24, 2.45) is 0 Å². The molecule has 2 N–H and O–H groups in total. The Kier molecular flexibility index (Phi) is 4.49. The molecular weight excluding hydrogens is 212 g/mol.